The molecule has 3 amide bonds. The van der Waals surface area contributed by atoms with Crippen molar-refractivity contribution in [3.63, 3.8) is 0 Å². The van der Waals surface area contributed by atoms with Crippen LogP contribution in [0.5, 0.6) is 5.75 Å². The number of hydrogen-bond donors (Lipinski definition) is 1. The number of thioether (sulfide) groups is 1. The first-order valence-corrected chi connectivity index (χ1v) is 11.5. The second kappa shape index (κ2) is 9.45. The molecule has 2 heterocycles. The molecule has 2 aliphatic heterocycles. The number of imide groups is 1. The topological polar surface area (TPSA) is 119 Å². The van der Waals surface area contributed by atoms with Crippen molar-refractivity contribution >= 4 is 46.9 Å². The van der Waals surface area contributed by atoms with Crippen molar-refractivity contribution < 1.29 is 33.4 Å². The molecule has 0 bridgehead atoms. The molecule has 0 spiro atoms. The van der Waals surface area contributed by atoms with Crippen molar-refractivity contribution in [2.45, 2.75) is 12.5 Å². The minimum atomic E-state index is -1.14. The van der Waals surface area contributed by atoms with E-state index in [-0.39, 0.29) is 35.6 Å². The Morgan fingerprint density at radius 1 is 1.12 bits per heavy atom. The van der Waals surface area contributed by atoms with Gasteiger partial charge in [-0.2, -0.15) is 11.8 Å². The Morgan fingerprint density at radius 3 is 2.48 bits per heavy atom. The Balaban J connectivity index is 1.47. The number of hydrogen-bond acceptors (Lipinski definition) is 8. The second-order valence-electron chi connectivity index (χ2n) is 7.40. The standard InChI is InChI=1S/C23H20N2O7S/c1-33-9-8-17(25-21(28)14-4-2-3-5-15(14)22(25)29)23(30)32-11-18(26)13-6-7-19-16(10-13)24-20(27)12-31-19/h2-7,10,17H,8-9,11-12H2,1H3,(H,24,27)/t17-/m1/s1. The van der Waals surface area contributed by atoms with Crippen molar-refractivity contribution in [3.8, 4) is 5.75 Å². The van der Waals surface area contributed by atoms with E-state index in [1.54, 1.807) is 18.2 Å². The Kier molecular flexibility index (Phi) is 6.45. The SMILES string of the molecule is CSCC[C@H](C(=O)OCC(=O)c1ccc2c(c1)NC(=O)CO2)N1C(=O)c2ccccc2C1=O. The zero-order chi connectivity index (χ0) is 23.5. The highest BCUT2D eigenvalue weighted by molar-refractivity contribution is 7.98. The molecule has 33 heavy (non-hydrogen) atoms. The fraction of sp³-hybridized carbons (Fsp3) is 0.261. The Hall–Kier alpha value is -3.66. The minimum absolute atomic E-state index is 0.104. The van der Waals surface area contributed by atoms with Crippen molar-refractivity contribution in [3.05, 3.63) is 59.2 Å². The average molecular weight is 468 g/mol. The van der Waals surface area contributed by atoms with E-state index >= 15 is 0 Å². The summed E-state index contributed by atoms with van der Waals surface area (Å²) in [5.41, 5.74) is 1.04. The highest BCUT2D eigenvalue weighted by Gasteiger charge is 2.43. The monoisotopic (exact) mass is 468 g/mol. The first kappa shape index (κ1) is 22.5. The lowest BCUT2D eigenvalue weighted by Crippen LogP contribution is -2.46. The number of fused-ring (bicyclic) bond motifs is 2. The highest BCUT2D eigenvalue weighted by Crippen LogP contribution is 2.29. The number of benzene rings is 2. The van der Waals surface area contributed by atoms with Crippen molar-refractivity contribution in [2.75, 3.05) is 30.5 Å². The van der Waals surface area contributed by atoms with E-state index in [4.69, 9.17) is 9.47 Å². The maximum Gasteiger partial charge on any atom is 0.329 e. The van der Waals surface area contributed by atoms with E-state index in [2.05, 4.69) is 5.32 Å². The summed E-state index contributed by atoms with van der Waals surface area (Å²) < 4.78 is 10.5. The van der Waals surface area contributed by atoms with Crippen LogP contribution in [-0.4, -0.2) is 65.6 Å². The van der Waals surface area contributed by atoms with E-state index in [0.717, 1.165) is 4.90 Å². The van der Waals surface area contributed by atoms with Crippen LogP contribution in [0.1, 0.15) is 37.5 Å². The smallest absolute Gasteiger partial charge is 0.329 e. The van der Waals surface area contributed by atoms with Gasteiger partial charge in [0.1, 0.15) is 11.8 Å². The average Bonchev–Trinajstić information content (AvgIpc) is 3.07. The van der Waals surface area contributed by atoms with Crippen LogP contribution in [0.2, 0.25) is 0 Å². The maximum atomic E-state index is 12.9. The maximum absolute atomic E-state index is 12.9. The minimum Gasteiger partial charge on any atom is -0.482 e. The fourth-order valence-electron chi connectivity index (χ4n) is 3.65. The predicted octanol–water partition coefficient (Wildman–Crippen LogP) is 2.16. The lowest BCUT2D eigenvalue weighted by molar-refractivity contribution is -0.147. The number of nitrogens with one attached hydrogen (secondary N) is 1. The van der Waals surface area contributed by atoms with Gasteiger partial charge in [0.2, 0.25) is 0 Å². The van der Waals surface area contributed by atoms with Crippen molar-refractivity contribution in [1.82, 2.24) is 4.90 Å². The molecule has 0 saturated carbocycles. The molecule has 0 radical (unpaired) electrons. The number of esters is 1. The van der Waals surface area contributed by atoms with Gasteiger partial charge in [0.25, 0.3) is 17.7 Å². The van der Waals surface area contributed by atoms with Crippen LogP contribution in [0, 0.1) is 0 Å². The first-order valence-electron chi connectivity index (χ1n) is 10.1. The van der Waals surface area contributed by atoms with Gasteiger partial charge in [-0.05, 0) is 48.8 Å². The van der Waals surface area contributed by atoms with E-state index in [9.17, 15) is 24.0 Å². The van der Waals surface area contributed by atoms with Gasteiger partial charge in [-0.25, -0.2) is 4.79 Å². The molecule has 2 aromatic carbocycles. The van der Waals surface area contributed by atoms with Crippen LogP contribution < -0.4 is 10.1 Å². The van der Waals surface area contributed by atoms with Crippen LogP contribution in [0.3, 0.4) is 0 Å². The molecule has 0 saturated heterocycles. The third kappa shape index (κ3) is 4.47. The molecule has 1 atom stereocenters. The zero-order valence-corrected chi connectivity index (χ0v) is 18.5. The summed E-state index contributed by atoms with van der Waals surface area (Å²) in [6.07, 6.45) is 2.04. The van der Waals surface area contributed by atoms with Crippen LogP contribution in [-0.2, 0) is 14.3 Å². The van der Waals surface area contributed by atoms with E-state index in [1.165, 1.54) is 36.0 Å². The number of ether oxygens (including phenoxy) is 2. The summed E-state index contributed by atoms with van der Waals surface area (Å²) in [5, 5.41) is 2.61. The Labute approximate surface area is 193 Å². The van der Waals surface area contributed by atoms with Gasteiger partial charge in [-0.15, -0.1) is 0 Å². The van der Waals surface area contributed by atoms with Gasteiger partial charge in [0.05, 0.1) is 16.8 Å². The number of carbonyl (C=O) groups is 5. The fourth-order valence-corrected chi connectivity index (χ4v) is 4.10. The Morgan fingerprint density at radius 2 is 1.82 bits per heavy atom. The third-order valence-electron chi connectivity index (χ3n) is 5.28. The first-order chi connectivity index (χ1) is 15.9. The van der Waals surface area contributed by atoms with Crippen LogP contribution >= 0.6 is 11.8 Å². The van der Waals surface area contributed by atoms with Gasteiger partial charge < -0.3 is 14.8 Å². The molecule has 9 nitrogen and oxygen atoms in total. The normalized spacial score (nSPS) is 15.3. The van der Waals surface area contributed by atoms with Crippen molar-refractivity contribution in [2.24, 2.45) is 0 Å². The number of Topliss-reactive ketones (excluding diaryl/α,β-unsaturated/α-hetero) is 1. The quantitative estimate of drug-likeness (QED) is 0.356. The van der Waals surface area contributed by atoms with Crippen molar-refractivity contribution in [1.29, 1.82) is 0 Å². The summed E-state index contributed by atoms with van der Waals surface area (Å²) >= 11 is 1.46. The third-order valence-corrected chi connectivity index (χ3v) is 5.93. The summed E-state index contributed by atoms with van der Waals surface area (Å²) in [7, 11) is 0. The summed E-state index contributed by atoms with van der Waals surface area (Å²) in [4.78, 5) is 63.5. The number of anilines is 1. The molecule has 10 heteroatoms. The summed E-state index contributed by atoms with van der Waals surface area (Å²) in [6, 6.07) is 9.71. The second-order valence-corrected chi connectivity index (χ2v) is 8.39. The van der Waals surface area contributed by atoms with Gasteiger partial charge >= 0.3 is 5.97 Å². The summed E-state index contributed by atoms with van der Waals surface area (Å²) in [6.45, 7) is -0.682. The molecule has 0 unspecified atom stereocenters. The molecule has 1 N–H and O–H groups in total. The van der Waals surface area contributed by atoms with Gasteiger partial charge in [-0.1, -0.05) is 12.1 Å². The Bertz CT molecular complexity index is 1130. The molecule has 2 aliphatic rings. The van der Waals surface area contributed by atoms with Crippen LogP contribution in [0.4, 0.5) is 5.69 Å². The van der Waals surface area contributed by atoms with E-state index in [1.807, 2.05) is 6.26 Å². The zero-order valence-electron chi connectivity index (χ0n) is 17.7. The molecule has 170 valence electrons. The van der Waals surface area contributed by atoms with Gasteiger partial charge in [-0.3, -0.25) is 24.1 Å². The van der Waals surface area contributed by atoms with Crippen LogP contribution in [0.15, 0.2) is 42.5 Å². The van der Waals surface area contributed by atoms with E-state index < -0.39 is 36.2 Å². The number of ketones is 1. The molecule has 0 fully saturated rings. The molecule has 4 rings (SSSR count). The lowest BCUT2D eigenvalue weighted by Gasteiger charge is -2.24. The summed E-state index contributed by atoms with van der Waals surface area (Å²) in [5.74, 6) is -1.85. The van der Waals surface area contributed by atoms with E-state index in [0.29, 0.717) is 17.2 Å². The number of nitrogens with zero attached hydrogens (tertiary/aromatic N) is 1. The van der Waals surface area contributed by atoms with Crippen LogP contribution in [0.25, 0.3) is 0 Å². The molecule has 0 aliphatic carbocycles. The number of amides is 3. The largest absolute Gasteiger partial charge is 0.482 e. The van der Waals surface area contributed by atoms with Gasteiger partial charge in [0, 0.05) is 5.56 Å². The van der Waals surface area contributed by atoms with Gasteiger partial charge in [0.15, 0.2) is 19.0 Å². The predicted molar refractivity (Wildman–Crippen MR) is 120 cm³/mol. The lowest BCUT2D eigenvalue weighted by atomic mass is 10.1. The molecule has 2 aromatic rings. The molecule has 0 aromatic heterocycles. The number of carbonyl (C=O) groups excluding carboxylic acids is 5. The molecular weight excluding hydrogens is 448 g/mol. The highest BCUT2D eigenvalue weighted by atomic mass is 32.2. The number of rotatable bonds is 8. The molecular formula is C23H20N2O7S.